The van der Waals surface area contributed by atoms with Gasteiger partial charge < -0.3 is 9.47 Å². The van der Waals surface area contributed by atoms with Gasteiger partial charge in [-0.05, 0) is 24.6 Å². The number of anilines is 2. The Hall–Kier alpha value is -1.71. The predicted molar refractivity (Wildman–Crippen MR) is 86.7 cm³/mol. The van der Waals surface area contributed by atoms with Crippen LogP contribution in [0, 0.1) is 6.07 Å². The summed E-state index contributed by atoms with van der Waals surface area (Å²) in [6.45, 7) is 1.79. The Labute approximate surface area is 132 Å². The van der Waals surface area contributed by atoms with Gasteiger partial charge in [-0.3, -0.25) is 0 Å². The highest BCUT2D eigenvalue weighted by Crippen LogP contribution is 2.40. The number of aryl methyl sites for hydroxylation is 1. The lowest BCUT2D eigenvalue weighted by Gasteiger charge is -2.30. The third-order valence-electron chi connectivity index (χ3n) is 3.76. The van der Waals surface area contributed by atoms with Crippen molar-refractivity contribution in [1.82, 2.24) is 9.55 Å². The van der Waals surface area contributed by atoms with E-state index in [0.29, 0.717) is 10.0 Å². The number of imidazole rings is 1. The summed E-state index contributed by atoms with van der Waals surface area (Å²) in [4.78, 5) is 6.83. The maximum absolute atomic E-state index is 6.36. The number of halogens is 2. The molecule has 0 fully saturated rings. The average molecular weight is 317 g/mol. The van der Waals surface area contributed by atoms with Crippen molar-refractivity contribution in [1.29, 1.82) is 0 Å². The van der Waals surface area contributed by atoms with Gasteiger partial charge in [0.25, 0.3) is 0 Å². The summed E-state index contributed by atoms with van der Waals surface area (Å²) in [5.74, 6) is 0.883. The third kappa shape index (κ3) is 2.00. The minimum absolute atomic E-state index is 0.645. The minimum Gasteiger partial charge on any atom is -0.309 e. The zero-order valence-electron chi connectivity index (χ0n) is 11.2. The van der Waals surface area contributed by atoms with Crippen molar-refractivity contribution in [3.05, 3.63) is 52.5 Å². The third-order valence-corrected chi connectivity index (χ3v) is 4.37. The normalized spacial score (nSPS) is 14.5. The molecule has 5 heteroatoms. The van der Waals surface area contributed by atoms with Gasteiger partial charge in [0.2, 0.25) is 5.95 Å². The van der Waals surface area contributed by atoms with Crippen LogP contribution in [0.15, 0.2) is 36.4 Å². The number of hydrogen-bond donors (Lipinski definition) is 0. The second-order valence-electron chi connectivity index (χ2n) is 5.04. The highest BCUT2D eigenvalue weighted by Gasteiger charge is 2.25. The van der Waals surface area contributed by atoms with Gasteiger partial charge in [-0.25, -0.2) is 4.98 Å². The van der Waals surface area contributed by atoms with Crippen LogP contribution in [0.4, 0.5) is 11.6 Å². The first-order valence-corrected chi connectivity index (χ1v) is 7.60. The maximum atomic E-state index is 6.36. The Morgan fingerprint density at radius 2 is 1.86 bits per heavy atom. The average Bonchev–Trinajstić information content (AvgIpc) is 2.87. The molecular weight excluding hydrogens is 305 g/mol. The molecule has 0 unspecified atom stereocenters. The summed E-state index contributed by atoms with van der Waals surface area (Å²) in [7, 11) is 0. The molecule has 1 aromatic heterocycles. The fourth-order valence-electron chi connectivity index (χ4n) is 2.86. The monoisotopic (exact) mass is 316 g/mol. The number of aromatic nitrogens is 2. The summed E-state index contributed by atoms with van der Waals surface area (Å²) in [6, 6.07) is 14.7. The van der Waals surface area contributed by atoms with E-state index < -0.39 is 0 Å². The van der Waals surface area contributed by atoms with Crippen LogP contribution in [0.5, 0.6) is 0 Å². The molecule has 4 rings (SSSR count). The van der Waals surface area contributed by atoms with Gasteiger partial charge in [0.1, 0.15) is 0 Å². The van der Waals surface area contributed by atoms with Crippen LogP contribution in [0.2, 0.25) is 10.0 Å². The number of para-hydroxylation sites is 2. The van der Waals surface area contributed by atoms with Gasteiger partial charge >= 0.3 is 0 Å². The zero-order valence-corrected chi connectivity index (χ0v) is 12.7. The summed E-state index contributed by atoms with van der Waals surface area (Å²) >= 11 is 12.7. The van der Waals surface area contributed by atoms with Gasteiger partial charge in [0.05, 0.1) is 26.8 Å². The first kappa shape index (κ1) is 13.0. The van der Waals surface area contributed by atoms with Gasteiger partial charge in [-0.15, -0.1) is 0 Å². The number of hydrogen-bond acceptors (Lipinski definition) is 2. The lowest BCUT2D eigenvalue weighted by Crippen LogP contribution is -2.28. The lowest BCUT2D eigenvalue weighted by atomic mass is 10.2. The van der Waals surface area contributed by atoms with E-state index in [-0.39, 0.29) is 0 Å². The van der Waals surface area contributed by atoms with E-state index in [1.165, 1.54) is 0 Å². The number of benzene rings is 2. The molecule has 0 spiro atoms. The molecule has 0 bridgehead atoms. The van der Waals surface area contributed by atoms with Crippen molar-refractivity contribution in [2.45, 2.75) is 13.0 Å². The molecule has 0 saturated heterocycles. The standard InChI is InChI=1S/C16H12Cl2N3/c17-11-5-3-6-12(18)15(11)21-10-4-9-20-14-8-2-1-7-13(14)19-16(20)21/h1-3,5-7H,4,9-10H2. The van der Waals surface area contributed by atoms with Crippen LogP contribution in [0.3, 0.4) is 0 Å². The molecule has 3 nitrogen and oxygen atoms in total. The Balaban J connectivity index is 1.95. The first-order valence-electron chi connectivity index (χ1n) is 6.84. The van der Waals surface area contributed by atoms with E-state index in [1.807, 2.05) is 36.4 Å². The summed E-state index contributed by atoms with van der Waals surface area (Å²) < 4.78 is 2.18. The van der Waals surface area contributed by atoms with Crippen molar-refractivity contribution in [3.8, 4) is 0 Å². The highest BCUT2D eigenvalue weighted by atomic mass is 35.5. The molecule has 0 aliphatic carbocycles. The minimum atomic E-state index is 0.645. The molecule has 0 N–H and O–H groups in total. The molecule has 1 aliphatic rings. The van der Waals surface area contributed by atoms with E-state index in [1.54, 1.807) is 0 Å². The molecular formula is C16H12Cl2N3. The summed E-state index contributed by atoms with van der Waals surface area (Å²) in [5, 5.41) is 1.29. The number of rotatable bonds is 1. The van der Waals surface area contributed by atoms with Crippen molar-refractivity contribution < 1.29 is 0 Å². The second kappa shape index (κ2) is 4.93. The predicted octanol–water partition coefficient (Wildman–Crippen LogP) is 4.69. The largest absolute Gasteiger partial charge is 0.309 e. The second-order valence-corrected chi connectivity index (χ2v) is 5.86. The molecule has 0 amide bonds. The van der Waals surface area contributed by atoms with E-state index in [9.17, 15) is 0 Å². The summed E-state index contributed by atoms with van der Waals surface area (Å²) in [5.41, 5.74) is 2.81. The van der Waals surface area contributed by atoms with Crippen LogP contribution in [-0.2, 0) is 6.54 Å². The highest BCUT2D eigenvalue weighted by molar-refractivity contribution is 6.39. The van der Waals surface area contributed by atoms with Crippen molar-refractivity contribution in [2.75, 3.05) is 11.4 Å². The van der Waals surface area contributed by atoms with Crippen LogP contribution >= 0.6 is 23.2 Å². The number of nitrogens with zero attached hydrogens (tertiary/aromatic N) is 3. The van der Waals surface area contributed by atoms with Crippen LogP contribution in [0.1, 0.15) is 6.42 Å². The lowest BCUT2D eigenvalue weighted by molar-refractivity contribution is 0.604. The maximum Gasteiger partial charge on any atom is 0.211 e. The molecule has 3 aromatic rings. The van der Waals surface area contributed by atoms with Crippen molar-refractivity contribution in [2.24, 2.45) is 0 Å². The molecule has 2 aromatic carbocycles. The first-order chi connectivity index (χ1) is 10.3. The Kier molecular flexibility index (Phi) is 3.05. The van der Waals surface area contributed by atoms with Crippen molar-refractivity contribution >= 4 is 45.9 Å². The van der Waals surface area contributed by atoms with Gasteiger partial charge in [-0.1, -0.05) is 41.4 Å². The van der Waals surface area contributed by atoms with Gasteiger partial charge in [-0.2, -0.15) is 0 Å². The van der Waals surface area contributed by atoms with Crippen LogP contribution in [0.25, 0.3) is 11.0 Å². The smallest absolute Gasteiger partial charge is 0.211 e. The Morgan fingerprint density at radius 1 is 1.05 bits per heavy atom. The Bertz CT molecular complexity index is 805. The fraction of sp³-hybridized carbons (Fsp3) is 0.188. The van der Waals surface area contributed by atoms with Crippen molar-refractivity contribution in [3.63, 3.8) is 0 Å². The number of fused-ring (bicyclic) bond motifs is 3. The van der Waals surface area contributed by atoms with Gasteiger partial charge in [0.15, 0.2) is 0 Å². The zero-order chi connectivity index (χ0) is 14.4. The SMILES string of the molecule is Clc1cccc(Cl)c1N1CCCn2c1nc1ccc[c]c12. The quantitative estimate of drug-likeness (QED) is 0.649. The molecule has 1 aliphatic heterocycles. The molecule has 0 saturated carbocycles. The topological polar surface area (TPSA) is 21.1 Å². The molecule has 21 heavy (non-hydrogen) atoms. The van der Waals surface area contributed by atoms with E-state index in [2.05, 4.69) is 15.5 Å². The van der Waals surface area contributed by atoms with E-state index >= 15 is 0 Å². The molecule has 2 heterocycles. The summed E-state index contributed by atoms with van der Waals surface area (Å²) in [6.07, 6.45) is 1.02. The molecule has 1 radical (unpaired) electrons. The van der Waals surface area contributed by atoms with Gasteiger partial charge in [0, 0.05) is 19.2 Å². The molecule has 0 atom stereocenters. The van der Waals surface area contributed by atoms with Crippen LogP contribution in [-0.4, -0.2) is 16.1 Å². The van der Waals surface area contributed by atoms with E-state index in [0.717, 1.165) is 42.2 Å². The van der Waals surface area contributed by atoms with E-state index in [4.69, 9.17) is 28.2 Å². The molecule has 105 valence electrons. The Morgan fingerprint density at radius 3 is 2.67 bits per heavy atom. The fourth-order valence-corrected chi connectivity index (χ4v) is 3.46. The van der Waals surface area contributed by atoms with Crippen LogP contribution < -0.4 is 4.90 Å².